The van der Waals surface area contributed by atoms with E-state index < -0.39 is 0 Å². The van der Waals surface area contributed by atoms with Crippen molar-refractivity contribution < 1.29 is 9.47 Å². The van der Waals surface area contributed by atoms with Crippen molar-refractivity contribution in [2.75, 3.05) is 44.8 Å². The molecule has 0 bridgehead atoms. The Hall–Kier alpha value is -1.26. The van der Waals surface area contributed by atoms with Gasteiger partial charge in [0.1, 0.15) is 11.4 Å². The van der Waals surface area contributed by atoms with Crippen molar-refractivity contribution in [2.24, 2.45) is 0 Å². The van der Waals surface area contributed by atoms with Gasteiger partial charge in [-0.2, -0.15) is 0 Å². The van der Waals surface area contributed by atoms with Gasteiger partial charge in [0.15, 0.2) is 0 Å². The van der Waals surface area contributed by atoms with Crippen molar-refractivity contribution in [2.45, 2.75) is 32.3 Å². The van der Waals surface area contributed by atoms with E-state index in [1.165, 1.54) is 16.8 Å². The van der Waals surface area contributed by atoms with E-state index in [2.05, 4.69) is 36.2 Å². The minimum absolute atomic E-state index is 0.155. The molecule has 0 spiro atoms. The van der Waals surface area contributed by atoms with E-state index in [1.807, 2.05) is 0 Å². The van der Waals surface area contributed by atoms with Gasteiger partial charge in [-0.25, -0.2) is 0 Å². The highest BCUT2D eigenvalue weighted by Crippen LogP contribution is 2.39. The molecule has 0 amide bonds. The number of nitrogens with one attached hydrogen (secondary N) is 1. The normalized spacial score (nSPS) is 20.2. The zero-order chi connectivity index (χ0) is 14.9. The van der Waals surface area contributed by atoms with Crippen LogP contribution in [0.4, 0.5) is 5.69 Å². The molecule has 1 N–H and O–H groups in total. The van der Waals surface area contributed by atoms with Crippen LogP contribution in [0.25, 0.3) is 0 Å². The molecule has 116 valence electrons. The predicted octanol–water partition coefficient (Wildman–Crippen LogP) is 2.00. The molecule has 0 atom stereocenters. The molecule has 0 saturated heterocycles. The summed E-state index contributed by atoms with van der Waals surface area (Å²) in [6.45, 7) is 8.99. The number of methoxy groups -OCH3 is 1. The summed E-state index contributed by atoms with van der Waals surface area (Å²) in [7, 11) is 1.76. The fraction of sp³-hybridized carbons (Fsp3) is 0.647. The van der Waals surface area contributed by atoms with E-state index in [-0.39, 0.29) is 5.60 Å². The molecule has 3 rings (SSSR count). The van der Waals surface area contributed by atoms with E-state index in [4.69, 9.17) is 9.47 Å². The molecule has 0 aromatic heterocycles. The summed E-state index contributed by atoms with van der Waals surface area (Å²) in [6.07, 6.45) is 2.19. The van der Waals surface area contributed by atoms with Gasteiger partial charge in [-0.3, -0.25) is 0 Å². The Balaban J connectivity index is 1.97. The van der Waals surface area contributed by atoms with Crippen molar-refractivity contribution in [1.29, 1.82) is 0 Å². The predicted molar refractivity (Wildman–Crippen MR) is 85.5 cm³/mol. The van der Waals surface area contributed by atoms with Crippen LogP contribution in [0.1, 0.15) is 25.0 Å². The second kappa shape index (κ2) is 5.85. The van der Waals surface area contributed by atoms with Crippen LogP contribution in [0, 0.1) is 0 Å². The lowest BCUT2D eigenvalue weighted by Crippen LogP contribution is -2.48. The Kier molecular flexibility index (Phi) is 4.09. The highest BCUT2D eigenvalue weighted by Gasteiger charge is 2.32. The molecule has 0 fully saturated rings. The summed E-state index contributed by atoms with van der Waals surface area (Å²) in [5.74, 6) is 1.03. The number of rotatable bonds is 3. The monoisotopic (exact) mass is 290 g/mol. The fourth-order valence-electron chi connectivity index (χ4n) is 3.29. The van der Waals surface area contributed by atoms with E-state index in [0.717, 1.165) is 51.4 Å². The number of hydrogen-bond donors (Lipinski definition) is 1. The van der Waals surface area contributed by atoms with Gasteiger partial charge in [-0.1, -0.05) is 0 Å². The summed E-state index contributed by atoms with van der Waals surface area (Å²) < 4.78 is 11.5. The van der Waals surface area contributed by atoms with Crippen LogP contribution in [-0.4, -0.2) is 45.5 Å². The first-order valence-corrected chi connectivity index (χ1v) is 7.88. The molecule has 0 unspecified atom stereocenters. The molecule has 0 aliphatic carbocycles. The molecule has 2 aliphatic heterocycles. The molecule has 1 aromatic rings. The number of hydrogen-bond acceptors (Lipinski definition) is 4. The number of benzene rings is 1. The maximum Gasteiger partial charge on any atom is 0.143 e. The number of fused-ring (bicyclic) bond motifs is 2. The molecule has 4 heteroatoms. The summed E-state index contributed by atoms with van der Waals surface area (Å²) in [5.41, 5.74) is 3.97. The summed E-state index contributed by atoms with van der Waals surface area (Å²) in [6, 6.07) is 4.60. The van der Waals surface area contributed by atoms with E-state index in [9.17, 15) is 0 Å². The first kappa shape index (κ1) is 14.7. The molecule has 4 nitrogen and oxygen atoms in total. The molecule has 0 radical (unpaired) electrons. The Labute approximate surface area is 127 Å². The summed E-state index contributed by atoms with van der Waals surface area (Å²) in [4.78, 5) is 2.40. The zero-order valence-electron chi connectivity index (χ0n) is 13.4. The van der Waals surface area contributed by atoms with Crippen molar-refractivity contribution >= 4 is 5.69 Å². The summed E-state index contributed by atoms with van der Waals surface area (Å²) >= 11 is 0. The molecule has 2 aliphatic rings. The molecular formula is C17H26N2O2. The van der Waals surface area contributed by atoms with Gasteiger partial charge in [-0.05, 0) is 63.0 Å². The molecule has 21 heavy (non-hydrogen) atoms. The Morgan fingerprint density at radius 1 is 1.24 bits per heavy atom. The first-order chi connectivity index (χ1) is 10.1. The number of nitrogens with zero attached hydrogens (tertiary/aromatic N) is 1. The number of anilines is 1. The fourth-order valence-corrected chi connectivity index (χ4v) is 3.29. The lowest BCUT2D eigenvalue weighted by molar-refractivity contribution is 0.101. The highest BCUT2D eigenvalue weighted by atomic mass is 16.5. The van der Waals surface area contributed by atoms with Gasteiger partial charge in [0.05, 0.1) is 18.8 Å². The Morgan fingerprint density at radius 2 is 1.95 bits per heavy atom. The van der Waals surface area contributed by atoms with Crippen LogP contribution in [0.5, 0.6) is 5.75 Å². The maximum atomic E-state index is 6.23. The lowest BCUT2D eigenvalue weighted by Gasteiger charge is -2.41. The van der Waals surface area contributed by atoms with Crippen molar-refractivity contribution in [3.63, 3.8) is 0 Å². The van der Waals surface area contributed by atoms with Crippen LogP contribution in [0.2, 0.25) is 0 Å². The second-order valence-electron chi connectivity index (χ2n) is 6.61. The van der Waals surface area contributed by atoms with Crippen LogP contribution in [-0.2, 0) is 17.6 Å². The van der Waals surface area contributed by atoms with E-state index in [0.29, 0.717) is 0 Å². The van der Waals surface area contributed by atoms with Gasteiger partial charge in [0, 0.05) is 13.7 Å². The van der Waals surface area contributed by atoms with E-state index >= 15 is 0 Å². The Morgan fingerprint density at radius 3 is 2.67 bits per heavy atom. The number of ether oxygens (including phenoxy) is 2. The second-order valence-corrected chi connectivity index (χ2v) is 6.61. The topological polar surface area (TPSA) is 33.7 Å². The van der Waals surface area contributed by atoms with Gasteiger partial charge >= 0.3 is 0 Å². The quantitative estimate of drug-likeness (QED) is 0.923. The van der Waals surface area contributed by atoms with Crippen LogP contribution in [0.3, 0.4) is 0 Å². The van der Waals surface area contributed by atoms with Crippen LogP contribution in [0.15, 0.2) is 12.1 Å². The van der Waals surface area contributed by atoms with Crippen LogP contribution < -0.4 is 15.0 Å². The molecular weight excluding hydrogens is 264 g/mol. The van der Waals surface area contributed by atoms with Crippen molar-refractivity contribution in [3.05, 3.63) is 23.3 Å². The lowest BCUT2D eigenvalue weighted by atomic mass is 9.98. The zero-order valence-corrected chi connectivity index (χ0v) is 13.4. The smallest absolute Gasteiger partial charge is 0.143 e. The van der Waals surface area contributed by atoms with Gasteiger partial charge in [0.25, 0.3) is 0 Å². The molecule has 2 heterocycles. The Bertz CT molecular complexity index is 514. The third-order valence-corrected chi connectivity index (χ3v) is 4.29. The van der Waals surface area contributed by atoms with Crippen molar-refractivity contribution in [3.8, 4) is 5.75 Å². The third-order valence-electron chi connectivity index (χ3n) is 4.29. The van der Waals surface area contributed by atoms with Gasteiger partial charge in [-0.15, -0.1) is 0 Å². The average Bonchev–Trinajstić information content (AvgIpc) is 2.66. The van der Waals surface area contributed by atoms with E-state index in [1.54, 1.807) is 7.11 Å². The minimum Gasteiger partial charge on any atom is -0.484 e. The average molecular weight is 290 g/mol. The summed E-state index contributed by atoms with van der Waals surface area (Å²) in [5, 5.41) is 3.47. The standard InChI is InChI=1S/C17H26N2O2/c1-17(2)12-19(8-9-20-3)15-10-13-4-6-18-7-5-14(13)11-16(15)21-17/h10-11,18H,4-9,12H2,1-3H3. The first-order valence-electron chi connectivity index (χ1n) is 7.88. The van der Waals surface area contributed by atoms with Gasteiger partial charge in [0.2, 0.25) is 0 Å². The van der Waals surface area contributed by atoms with Crippen molar-refractivity contribution in [1.82, 2.24) is 5.32 Å². The maximum absolute atomic E-state index is 6.23. The largest absolute Gasteiger partial charge is 0.484 e. The molecule has 0 saturated carbocycles. The molecule has 1 aromatic carbocycles. The SMILES string of the molecule is COCCN1CC(C)(C)Oc2cc3c(cc21)CCNCC3. The highest BCUT2D eigenvalue weighted by molar-refractivity contribution is 5.64. The van der Waals surface area contributed by atoms with Crippen LogP contribution >= 0.6 is 0 Å². The van der Waals surface area contributed by atoms with Gasteiger partial charge < -0.3 is 19.7 Å². The minimum atomic E-state index is -0.155. The third kappa shape index (κ3) is 3.16.